The van der Waals surface area contributed by atoms with E-state index in [9.17, 15) is 4.79 Å². The number of carbonyl (C=O) groups excluding carboxylic acids is 1. The molecule has 4 heterocycles. The molecule has 1 saturated heterocycles. The molecule has 0 saturated carbocycles. The highest BCUT2D eigenvalue weighted by molar-refractivity contribution is 6.06. The van der Waals surface area contributed by atoms with Crippen LogP contribution in [0, 0.1) is 13.8 Å². The van der Waals surface area contributed by atoms with Gasteiger partial charge in [0.15, 0.2) is 0 Å². The summed E-state index contributed by atoms with van der Waals surface area (Å²) in [4.78, 5) is 24.5. The van der Waals surface area contributed by atoms with Crippen LogP contribution in [0.4, 0.5) is 0 Å². The Balaban J connectivity index is 1.46. The number of piperidine rings is 1. The number of likely N-dealkylation sites (tertiary alicyclic amines) is 1. The first kappa shape index (κ1) is 19.5. The number of oxazole rings is 1. The van der Waals surface area contributed by atoms with Crippen LogP contribution in [0.3, 0.4) is 0 Å². The fourth-order valence-corrected chi connectivity index (χ4v) is 4.33. The highest BCUT2D eigenvalue weighted by Gasteiger charge is 2.33. The van der Waals surface area contributed by atoms with E-state index in [1.807, 2.05) is 43.0 Å². The van der Waals surface area contributed by atoms with Crippen LogP contribution in [0.1, 0.15) is 64.3 Å². The Bertz CT molecular complexity index is 1230. The number of fused-ring (bicyclic) bond motifs is 1. The van der Waals surface area contributed by atoms with Gasteiger partial charge in [0.25, 0.3) is 11.6 Å². The van der Waals surface area contributed by atoms with Gasteiger partial charge in [-0.05, 0) is 44.7 Å². The van der Waals surface area contributed by atoms with E-state index < -0.39 is 0 Å². The van der Waals surface area contributed by atoms with Crippen molar-refractivity contribution in [3.05, 3.63) is 76.8 Å². The van der Waals surface area contributed by atoms with Crippen LogP contribution in [0.25, 0.3) is 11.1 Å². The predicted octanol–water partition coefficient (Wildman–Crippen LogP) is 4.79. The van der Waals surface area contributed by atoms with Gasteiger partial charge in [-0.25, -0.2) is 9.97 Å². The van der Waals surface area contributed by atoms with E-state index in [-0.39, 0.29) is 11.9 Å². The number of pyridine rings is 1. The molecule has 7 nitrogen and oxygen atoms in total. The molecular weight excluding hydrogens is 392 g/mol. The van der Waals surface area contributed by atoms with E-state index in [2.05, 4.69) is 27.3 Å². The number of carbonyl (C=O) groups is 1. The Morgan fingerprint density at radius 2 is 2.03 bits per heavy atom. The lowest BCUT2D eigenvalue weighted by Gasteiger charge is -2.34. The molecule has 3 aromatic heterocycles. The molecule has 0 N–H and O–H groups in total. The summed E-state index contributed by atoms with van der Waals surface area (Å²) in [6.45, 7) is 4.34. The number of nitrogens with zero attached hydrogens (tertiary/aromatic N) is 4. The lowest BCUT2D eigenvalue weighted by molar-refractivity contribution is 0.0572. The minimum Gasteiger partial charge on any atom is -0.443 e. The van der Waals surface area contributed by atoms with E-state index in [4.69, 9.17) is 8.94 Å². The van der Waals surface area contributed by atoms with Crippen molar-refractivity contribution >= 4 is 17.0 Å². The predicted molar refractivity (Wildman–Crippen MR) is 115 cm³/mol. The third-order valence-electron chi connectivity index (χ3n) is 5.82. The molecule has 0 aliphatic carbocycles. The van der Waals surface area contributed by atoms with Crippen LogP contribution in [-0.4, -0.2) is 32.5 Å². The van der Waals surface area contributed by atoms with Gasteiger partial charge in [0.2, 0.25) is 5.89 Å². The van der Waals surface area contributed by atoms with Gasteiger partial charge < -0.3 is 13.8 Å². The number of benzene rings is 1. The summed E-state index contributed by atoms with van der Waals surface area (Å²) in [5.74, 6) is 1.34. The molecule has 1 aliphatic heterocycles. The van der Waals surface area contributed by atoms with Crippen molar-refractivity contribution in [3.8, 4) is 0 Å². The van der Waals surface area contributed by atoms with Crippen molar-refractivity contribution in [3.63, 3.8) is 0 Å². The van der Waals surface area contributed by atoms with Gasteiger partial charge in [-0.1, -0.05) is 35.5 Å². The Morgan fingerprint density at radius 3 is 2.87 bits per heavy atom. The van der Waals surface area contributed by atoms with Gasteiger partial charge in [0.1, 0.15) is 11.8 Å². The molecule has 158 valence electrons. The van der Waals surface area contributed by atoms with Crippen molar-refractivity contribution in [1.29, 1.82) is 0 Å². The quantitative estimate of drug-likeness (QED) is 0.476. The van der Waals surface area contributed by atoms with Crippen molar-refractivity contribution in [1.82, 2.24) is 20.0 Å². The summed E-state index contributed by atoms with van der Waals surface area (Å²) < 4.78 is 11.4. The van der Waals surface area contributed by atoms with E-state index in [0.29, 0.717) is 41.2 Å². The van der Waals surface area contributed by atoms with Crippen LogP contribution < -0.4 is 0 Å². The summed E-state index contributed by atoms with van der Waals surface area (Å²) in [6.07, 6.45) is 5.27. The van der Waals surface area contributed by atoms with Crippen LogP contribution in [0.5, 0.6) is 0 Å². The van der Waals surface area contributed by atoms with Gasteiger partial charge in [-0.2, -0.15) is 0 Å². The highest BCUT2D eigenvalue weighted by atomic mass is 16.5. The number of aromatic nitrogens is 3. The fraction of sp³-hybridized carbons (Fsp3) is 0.333. The van der Waals surface area contributed by atoms with E-state index >= 15 is 0 Å². The molecule has 0 spiro atoms. The Kier molecular flexibility index (Phi) is 5.02. The van der Waals surface area contributed by atoms with Crippen molar-refractivity contribution in [2.75, 3.05) is 6.54 Å². The zero-order chi connectivity index (χ0) is 21.4. The number of hydrogen-bond donors (Lipinski definition) is 0. The zero-order valence-electron chi connectivity index (χ0n) is 17.7. The molecule has 1 amide bonds. The third-order valence-corrected chi connectivity index (χ3v) is 5.82. The van der Waals surface area contributed by atoms with Crippen LogP contribution in [0.2, 0.25) is 0 Å². The number of hydrogen-bond acceptors (Lipinski definition) is 6. The Morgan fingerprint density at radius 1 is 1.19 bits per heavy atom. The topological polar surface area (TPSA) is 85.3 Å². The Labute approximate surface area is 180 Å². The normalized spacial score (nSPS) is 16.7. The third kappa shape index (κ3) is 3.71. The maximum atomic E-state index is 13.7. The van der Waals surface area contributed by atoms with Gasteiger partial charge in [0.05, 0.1) is 22.8 Å². The first-order valence-electron chi connectivity index (χ1n) is 10.6. The molecule has 0 radical (unpaired) electrons. The Hall–Kier alpha value is -3.48. The van der Waals surface area contributed by atoms with Gasteiger partial charge >= 0.3 is 0 Å². The van der Waals surface area contributed by atoms with Gasteiger partial charge in [-0.15, -0.1) is 0 Å². The van der Waals surface area contributed by atoms with Crippen molar-refractivity contribution < 1.29 is 13.7 Å². The van der Waals surface area contributed by atoms with E-state index in [1.165, 1.54) is 5.56 Å². The second kappa shape index (κ2) is 7.98. The largest absolute Gasteiger partial charge is 0.443 e. The minimum absolute atomic E-state index is 0.0608. The molecule has 0 bridgehead atoms. The highest BCUT2D eigenvalue weighted by Crippen LogP contribution is 2.34. The average Bonchev–Trinajstić information content (AvgIpc) is 3.40. The smallest absolute Gasteiger partial charge is 0.258 e. The first-order valence-corrected chi connectivity index (χ1v) is 10.6. The first-order chi connectivity index (χ1) is 15.1. The molecule has 1 atom stereocenters. The van der Waals surface area contributed by atoms with Crippen LogP contribution >= 0.6 is 0 Å². The molecule has 7 heteroatoms. The van der Waals surface area contributed by atoms with Crippen molar-refractivity contribution in [2.45, 2.75) is 45.6 Å². The number of rotatable bonds is 4. The summed E-state index contributed by atoms with van der Waals surface area (Å²) in [6, 6.07) is 11.8. The van der Waals surface area contributed by atoms with Crippen LogP contribution in [-0.2, 0) is 6.42 Å². The molecule has 31 heavy (non-hydrogen) atoms. The number of aryl methyl sites for hydroxylation is 2. The maximum absolute atomic E-state index is 13.7. The average molecular weight is 416 g/mol. The molecule has 1 aliphatic rings. The minimum atomic E-state index is -0.186. The second-order valence-electron chi connectivity index (χ2n) is 8.10. The standard InChI is InChI=1S/C24H24N4O3/c1-15-12-19(21-16(2)27-31-23(21)26-15)24(29)28-11-7-6-10-20(28)22-25-14-18(30-22)13-17-8-4-3-5-9-17/h3-5,8-9,12,14,20H,6-7,10-11,13H2,1-2H3/t20-/m0/s1. The molecule has 1 aromatic carbocycles. The maximum Gasteiger partial charge on any atom is 0.258 e. The van der Waals surface area contributed by atoms with E-state index in [0.717, 1.165) is 30.7 Å². The number of amides is 1. The summed E-state index contributed by atoms with van der Waals surface area (Å²) in [5.41, 5.74) is 3.53. The van der Waals surface area contributed by atoms with Gasteiger partial charge in [0, 0.05) is 18.7 Å². The lowest BCUT2D eigenvalue weighted by Crippen LogP contribution is -2.38. The molecule has 1 fully saturated rings. The van der Waals surface area contributed by atoms with Crippen LogP contribution in [0.15, 0.2) is 51.5 Å². The monoisotopic (exact) mass is 416 g/mol. The summed E-state index contributed by atoms with van der Waals surface area (Å²) >= 11 is 0. The second-order valence-corrected chi connectivity index (χ2v) is 8.10. The summed E-state index contributed by atoms with van der Waals surface area (Å²) in [7, 11) is 0. The molecule has 4 aromatic rings. The SMILES string of the molecule is Cc1cc(C(=O)N2CCCC[C@H]2c2ncc(Cc3ccccc3)o2)c2c(C)noc2n1. The molecule has 0 unspecified atom stereocenters. The fourth-order valence-electron chi connectivity index (χ4n) is 4.33. The molecular formula is C24H24N4O3. The van der Waals surface area contributed by atoms with Gasteiger partial charge in [-0.3, -0.25) is 4.79 Å². The van der Waals surface area contributed by atoms with Crippen molar-refractivity contribution in [2.24, 2.45) is 0 Å². The zero-order valence-corrected chi connectivity index (χ0v) is 17.7. The molecule has 5 rings (SSSR count). The lowest BCUT2D eigenvalue weighted by atomic mass is 9.99. The van der Waals surface area contributed by atoms with E-state index in [1.54, 1.807) is 6.20 Å². The summed E-state index contributed by atoms with van der Waals surface area (Å²) in [5, 5.41) is 4.68.